The standard InChI is InChI=1S/C13H19FN2O2/c1-10(15-2)9-16-13(17)7-8-18-12-5-3-11(14)4-6-12/h3-6,10,15H,7-9H2,1-2H3,(H,16,17). The van der Waals surface area contributed by atoms with E-state index in [1.807, 2.05) is 14.0 Å². The number of hydrogen-bond acceptors (Lipinski definition) is 3. The summed E-state index contributed by atoms with van der Waals surface area (Å²) in [5.74, 6) is 0.202. The Labute approximate surface area is 107 Å². The average molecular weight is 254 g/mol. The molecule has 18 heavy (non-hydrogen) atoms. The predicted octanol–water partition coefficient (Wildman–Crippen LogP) is 1.32. The van der Waals surface area contributed by atoms with Crippen LogP contribution in [0.4, 0.5) is 4.39 Å². The smallest absolute Gasteiger partial charge is 0.223 e. The molecule has 0 aliphatic carbocycles. The Hall–Kier alpha value is -1.62. The molecule has 0 aromatic heterocycles. The molecule has 0 fully saturated rings. The number of carbonyl (C=O) groups is 1. The molecule has 0 saturated heterocycles. The van der Waals surface area contributed by atoms with Crippen molar-refractivity contribution in [2.45, 2.75) is 19.4 Å². The highest BCUT2D eigenvalue weighted by Crippen LogP contribution is 2.10. The van der Waals surface area contributed by atoms with E-state index in [1.165, 1.54) is 24.3 Å². The highest BCUT2D eigenvalue weighted by atomic mass is 19.1. The molecule has 1 rings (SSSR count). The number of nitrogens with one attached hydrogen (secondary N) is 2. The van der Waals surface area contributed by atoms with Gasteiger partial charge in [0.2, 0.25) is 5.91 Å². The van der Waals surface area contributed by atoms with Crippen LogP contribution < -0.4 is 15.4 Å². The Morgan fingerprint density at radius 1 is 1.39 bits per heavy atom. The van der Waals surface area contributed by atoms with Crippen molar-refractivity contribution >= 4 is 5.91 Å². The number of rotatable bonds is 7. The van der Waals surface area contributed by atoms with E-state index in [0.717, 1.165) is 0 Å². The molecule has 1 amide bonds. The molecule has 1 atom stereocenters. The van der Waals surface area contributed by atoms with Crippen LogP contribution in [0.3, 0.4) is 0 Å². The fourth-order valence-corrected chi connectivity index (χ4v) is 1.25. The predicted molar refractivity (Wildman–Crippen MR) is 68.0 cm³/mol. The van der Waals surface area contributed by atoms with Crippen molar-refractivity contribution in [2.24, 2.45) is 0 Å². The molecule has 0 saturated carbocycles. The van der Waals surface area contributed by atoms with E-state index in [-0.39, 0.29) is 30.8 Å². The van der Waals surface area contributed by atoms with Gasteiger partial charge in [0, 0.05) is 12.6 Å². The minimum Gasteiger partial charge on any atom is -0.493 e. The number of benzene rings is 1. The van der Waals surface area contributed by atoms with E-state index < -0.39 is 0 Å². The molecule has 100 valence electrons. The Morgan fingerprint density at radius 3 is 2.67 bits per heavy atom. The van der Waals surface area contributed by atoms with Gasteiger partial charge in [0.05, 0.1) is 13.0 Å². The van der Waals surface area contributed by atoms with Crippen LogP contribution in [0.25, 0.3) is 0 Å². The molecule has 5 heteroatoms. The average Bonchev–Trinajstić information content (AvgIpc) is 2.38. The van der Waals surface area contributed by atoms with Gasteiger partial charge >= 0.3 is 0 Å². The fourth-order valence-electron chi connectivity index (χ4n) is 1.25. The molecule has 4 nitrogen and oxygen atoms in total. The summed E-state index contributed by atoms with van der Waals surface area (Å²) in [6.45, 7) is 2.85. The van der Waals surface area contributed by atoms with Crippen molar-refractivity contribution in [2.75, 3.05) is 20.2 Å². The van der Waals surface area contributed by atoms with Gasteiger partial charge in [0.25, 0.3) is 0 Å². The molecular weight excluding hydrogens is 235 g/mol. The summed E-state index contributed by atoms with van der Waals surface area (Å²) in [6, 6.07) is 5.97. The van der Waals surface area contributed by atoms with Crippen LogP contribution in [-0.2, 0) is 4.79 Å². The van der Waals surface area contributed by atoms with E-state index in [9.17, 15) is 9.18 Å². The highest BCUT2D eigenvalue weighted by Gasteiger charge is 2.04. The van der Waals surface area contributed by atoms with E-state index in [4.69, 9.17) is 4.74 Å². The van der Waals surface area contributed by atoms with E-state index in [2.05, 4.69) is 10.6 Å². The van der Waals surface area contributed by atoms with Crippen molar-refractivity contribution in [1.82, 2.24) is 10.6 Å². The molecule has 0 bridgehead atoms. The molecule has 0 spiro atoms. The van der Waals surface area contributed by atoms with Crippen molar-refractivity contribution < 1.29 is 13.9 Å². The van der Waals surface area contributed by atoms with Crippen molar-refractivity contribution in [3.63, 3.8) is 0 Å². The Morgan fingerprint density at radius 2 is 2.06 bits per heavy atom. The lowest BCUT2D eigenvalue weighted by molar-refractivity contribution is -0.121. The lowest BCUT2D eigenvalue weighted by atomic mass is 10.3. The third-order valence-electron chi connectivity index (χ3n) is 2.51. The van der Waals surface area contributed by atoms with Gasteiger partial charge in [-0.2, -0.15) is 0 Å². The number of carbonyl (C=O) groups excluding carboxylic acids is 1. The second-order valence-electron chi connectivity index (χ2n) is 4.05. The van der Waals surface area contributed by atoms with Crippen LogP contribution in [-0.4, -0.2) is 32.1 Å². The summed E-state index contributed by atoms with van der Waals surface area (Å²) in [7, 11) is 1.84. The maximum absolute atomic E-state index is 12.6. The minimum atomic E-state index is -0.304. The van der Waals surface area contributed by atoms with Gasteiger partial charge in [-0.15, -0.1) is 0 Å². The molecule has 1 unspecified atom stereocenters. The van der Waals surface area contributed by atoms with Crippen LogP contribution in [0.2, 0.25) is 0 Å². The molecule has 0 aliphatic rings. The molecule has 0 aliphatic heterocycles. The topological polar surface area (TPSA) is 50.4 Å². The number of amides is 1. The first-order chi connectivity index (χ1) is 8.61. The van der Waals surface area contributed by atoms with Gasteiger partial charge in [-0.05, 0) is 38.2 Å². The quantitative estimate of drug-likeness (QED) is 0.771. The first-order valence-corrected chi connectivity index (χ1v) is 5.94. The van der Waals surface area contributed by atoms with Crippen molar-refractivity contribution in [3.05, 3.63) is 30.1 Å². The minimum absolute atomic E-state index is 0.0563. The summed E-state index contributed by atoms with van der Waals surface area (Å²) in [4.78, 5) is 11.4. The fraction of sp³-hybridized carbons (Fsp3) is 0.462. The second kappa shape index (κ2) is 7.66. The summed E-state index contributed by atoms with van der Waals surface area (Å²) >= 11 is 0. The second-order valence-corrected chi connectivity index (χ2v) is 4.05. The van der Waals surface area contributed by atoms with Crippen molar-refractivity contribution in [3.8, 4) is 5.75 Å². The lowest BCUT2D eigenvalue weighted by Crippen LogP contribution is -2.37. The van der Waals surface area contributed by atoms with E-state index in [1.54, 1.807) is 0 Å². The summed E-state index contributed by atoms with van der Waals surface area (Å²) < 4.78 is 17.9. The molecule has 1 aromatic rings. The zero-order chi connectivity index (χ0) is 13.4. The Balaban J connectivity index is 2.17. The van der Waals surface area contributed by atoms with Gasteiger partial charge in [-0.3, -0.25) is 4.79 Å². The van der Waals surface area contributed by atoms with Gasteiger partial charge in [0.1, 0.15) is 11.6 Å². The zero-order valence-electron chi connectivity index (χ0n) is 10.7. The third-order valence-corrected chi connectivity index (χ3v) is 2.51. The van der Waals surface area contributed by atoms with E-state index >= 15 is 0 Å². The Bertz CT molecular complexity index is 368. The molecule has 0 heterocycles. The van der Waals surface area contributed by atoms with E-state index in [0.29, 0.717) is 12.3 Å². The molecular formula is C13H19FN2O2. The monoisotopic (exact) mass is 254 g/mol. The summed E-state index contributed by atoms with van der Waals surface area (Å²) in [5, 5.41) is 5.81. The first-order valence-electron chi connectivity index (χ1n) is 5.94. The number of ether oxygens (including phenoxy) is 1. The van der Waals surface area contributed by atoms with Crippen LogP contribution >= 0.6 is 0 Å². The van der Waals surface area contributed by atoms with Crippen LogP contribution in [0.1, 0.15) is 13.3 Å². The van der Waals surface area contributed by atoms with Crippen molar-refractivity contribution in [1.29, 1.82) is 0 Å². The van der Waals surface area contributed by atoms with Crippen LogP contribution in [0.15, 0.2) is 24.3 Å². The molecule has 2 N–H and O–H groups in total. The Kier molecular flexibility index (Phi) is 6.14. The number of likely N-dealkylation sites (N-methyl/N-ethyl adjacent to an activating group) is 1. The maximum atomic E-state index is 12.6. The maximum Gasteiger partial charge on any atom is 0.223 e. The molecule has 1 aromatic carbocycles. The normalized spacial score (nSPS) is 11.9. The first kappa shape index (κ1) is 14.4. The number of halogens is 1. The third kappa shape index (κ3) is 5.63. The largest absolute Gasteiger partial charge is 0.493 e. The number of hydrogen-bond donors (Lipinski definition) is 2. The van der Waals surface area contributed by atoms with Crippen LogP contribution in [0, 0.1) is 5.82 Å². The molecule has 0 radical (unpaired) electrons. The SMILES string of the molecule is CNC(C)CNC(=O)CCOc1ccc(F)cc1. The summed E-state index contributed by atoms with van der Waals surface area (Å²) in [6.07, 6.45) is 0.286. The van der Waals surface area contributed by atoms with Gasteiger partial charge in [0.15, 0.2) is 0 Å². The van der Waals surface area contributed by atoms with Gasteiger partial charge in [-0.1, -0.05) is 0 Å². The lowest BCUT2D eigenvalue weighted by Gasteiger charge is -2.11. The van der Waals surface area contributed by atoms with Gasteiger partial charge < -0.3 is 15.4 Å². The highest BCUT2D eigenvalue weighted by molar-refractivity contribution is 5.76. The summed E-state index contributed by atoms with van der Waals surface area (Å²) in [5.41, 5.74) is 0. The van der Waals surface area contributed by atoms with Gasteiger partial charge in [-0.25, -0.2) is 4.39 Å². The zero-order valence-corrected chi connectivity index (χ0v) is 10.7. The van der Waals surface area contributed by atoms with Crippen LogP contribution in [0.5, 0.6) is 5.75 Å².